The number of rotatable bonds is 5. The van der Waals surface area contributed by atoms with E-state index in [1.807, 2.05) is 0 Å². The average Bonchev–Trinajstić information content (AvgIpc) is 2.68. The van der Waals surface area contributed by atoms with Crippen molar-refractivity contribution < 1.29 is 9.53 Å². The van der Waals surface area contributed by atoms with Gasteiger partial charge in [0.05, 0.1) is 24.7 Å². The molecule has 1 amide bonds. The van der Waals surface area contributed by atoms with E-state index in [0.29, 0.717) is 12.5 Å². The fourth-order valence-electron chi connectivity index (χ4n) is 6.93. The third kappa shape index (κ3) is 3.90. The molecule has 5 fully saturated rings. The minimum atomic E-state index is -0.142. The molecule has 1 aliphatic heterocycles. The maximum Gasteiger partial charge on any atom is 0.226 e. The van der Waals surface area contributed by atoms with Crippen LogP contribution in [0, 0.1) is 24.2 Å². The van der Waals surface area contributed by atoms with Crippen molar-refractivity contribution in [2.75, 3.05) is 32.8 Å². The molecule has 1 saturated heterocycles. The quantitative estimate of drug-likeness (QED) is 0.668. The predicted molar refractivity (Wildman–Crippen MR) is 118 cm³/mol. The van der Waals surface area contributed by atoms with Crippen molar-refractivity contribution in [1.82, 2.24) is 10.2 Å². The van der Waals surface area contributed by atoms with Crippen LogP contribution in [0.1, 0.15) is 55.7 Å². The maximum absolute atomic E-state index is 13.5. The molecule has 5 aliphatic rings. The highest BCUT2D eigenvalue weighted by Crippen LogP contribution is 2.64. The summed E-state index contributed by atoms with van der Waals surface area (Å²) in [4.78, 5) is 16.0. The fraction of sp³-hybridized carbons (Fsp3) is 0.708. The van der Waals surface area contributed by atoms with E-state index in [2.05, 4.69) is 57.3 Å². The number of ether oxygens (including phenoxy) is 1. The van der Waals surface area contributed by atoms with Crippen LogP contribution in [-0.4, -0.2) is 48.0 Å². The van der Waals surface area contributed by atoms with Crippen LogP contribution in [0.5, 0.6) is 0 Å². The van der Waals surface area contributed by atoms with Gasteiger partial charge in [-0.3, -0.25) is 9.69 Å². The fourth-order valence-corrected chi connectivity index (χ4v) is 8.38. The van der Waals surface area contributed by atoms with Gasteiger partial charge in [0.1, 0.15) is 0 Å². The van der Waals surface area contributed by atoms with Crippen molar-refractivity contribution in [2.45, 2.75) is 55.8 Å². The minimum absolute atomic E-state index is 0.142. The Balaban J connectivity index is 1.32. The molecule has 3 unspecified atom stereocenters. The molecule has 0 aromatic heterocycles. The minimum Gasteiger partial charge on any atom is -0.379 e. The van der Waals surface area contributed by atoms with Crippen LogP contribution in [0.2, 0.25) is 0 Å². The third-order valence-corrected chi connectivity index (χ3v) is 8.80. The summed E-state index contributed by atoms with van der Waals surface area (Å²) in [5.41, 5.74) is 2.42. The molecule has 4 bridgehead atoms. The summed E-state index contributed by atoms with van der Waals surface area (Å²) in [6.07, 6.45) is 7.06. The third-order valence-electron chi connectivity index (χ3n) is 7.88. The lowest BCUT2D eigenvalue weighted by atomic mass is 9.49. The molecule has 1 N–H and O–H groups in total. The van der Waals surface area contributed by atoms with Gasteiger partial charge in [-0.15, -0.1) is 0 Å². The Labute approximate surface area is 182 Å². The molecule has 1 aromatic rings. The summed E-state index contributed by atoms with van der Waals surface area (Å²) in [5, 5.41) is 3.43. The van der Waals surface area contributed by atoms with Crippen LogP contribution in [-0.2, 0) is 9.53 Å². The number of hydrogen-bond donors (Lipinski definition) is 1. The van der Waals surface area contributed by atoms with Crippen molar-refractivity contribution in [3.63, 3.8) is 0 Å². The van der Waals surface area contributed by atoms with E-state index < -0.39 is 0 Å². The molecule has 158 valence electrons. The molecule has 0 radical (unpaired) electrons. The first-order chi connectivity index (χ1) is 13.9. The Morgan fingerprint density at radius 2 is 1.83 bits per heavy atom. The van der Waals surface area contributed by atoms with E-state index in [-0.39, 0.29) is 15.8 Å². The number of aryl methyl sites for hydroxylation is 1. The number of morpholine rings is 1. The van der Waals surface area contributed by atoms with Crippen LogP contribution >= 0.6 is 15.9 Å². The first kappa shape index (κ1) is 20.0. The second kappa shape index (κ2) is 7.65. The Bertz CT molecular complexity index is 745. The first-order valence-electron chi connectivity index (χ1n) is 11.3. The van der Waals surface area contributed by atoms with Gasteiger partial charge < -0.3 is 10.1 Å². The molecule has 1 heterocycles. The van der Waals surface area contributed by atoms with Crippen LogP contribution in [0.25, 0.3) is 0 Å². The van der Waals surface area contributed by atoms with E-state index in [0.717, 1.165) is 57.4 Å². The van der Waals surface area contributed by atoms with Gasteiger partial charge in [0.25, 0.3) is 0 Å². The number of amides is 1. The summed E-state index contributed by atoms with van der Waals surface area (Å²) in [5.74, 6) is 1.77. The number of nitrogens with zero attached hydrogens (tertiary/aromatic N) is 1. The van der Waals surface area contributed by atoms with Gasteiger partial charge in [-0.1, -0.05) is 45.8 Å². The van der Waals surface area contributed by atoms with Gasteiger partial charge >= 0.3 is 0 Å². The second-order valence-electron chi connectivity index (χ2n) is 10.2. The molecular weight excluding hydrogens is 428 g/mol. The Hall–Kier alpha value is -0.910. The topological polar surface area (TPSA) is 41.6 Å². The zero-order valence-corrected chi connectivity index (χ0v) is 19.0. The average molecular weight is 461 g/mol. The zero-order chi connectivity index (χ0) is 20.1. The summed E-state index contributed by atoms with van der Waals surface area (Å²) in [7, 11) is 0. The number of nitrogens with one attached hydrogen (secondary N) is 1. The molecule has 5 heteroatoms. The number of halogens is 1. The van der Waals surface area contributed by atoms with E-state index in [4.69, 9.17) is 4.74 Å². The van der Waals surface area contributed by atoms with E-state index >= 15 is 0 Å². The lowest BCUT2D eigenvalue weighted by Crippen LogP contribution is -2.58. The van der Waals surface area contributed by atoms with Gasteiger partial charge in [-0.2, -0.15) is 0 Å². The van der Waals surface area contributed by atoms with Gasteiger partial charge in [0.2, 0.25) is 5.91 Å². The lowest BCUT2D eigenvalue weighted by molar-refractivity contribution is -0.144. The monoisotopic (exact) mass is 460 g/mol. The summed E-state index contributed by atoms with van der Waals surface area (Å²) in [6, 6.07) is 9.02. The molecule has 4 aliphatic carbocycles. The standard InChI is InChI=1S/C24H33BrN2O2/c1-17-2-4-20(5-3-17)21(27-6-8-29-9-7-27)15-26-22(28)23-11-18-10-19(12-23)14-24(25,13-18)16-23/h2-5,18-19,21H,6-16H2,1H3,(H,26,28). The van der Waals surface area contributed by atoms with Crippen LogP contribution < -0.4 is 5.32 Å². The van der Waals surface area contributed by atoms with Gasteiger partial charge in [0.15, 0.2) is 0 Å². The highest BCUT2D eigenvalue weighted by molar-refractivity contribution is 9.10. The molecule has 3 atom stereocenters. The zero-order valence-electron chi connectivity index (χ0n) is 17.5. The predicted octanol–water partition coefficient (Wildman–Crippen LogP) is 4.22. The molecule has 0 spiro atoms. The van der Waals surface area contributed by atoms with Crippen molar-refractivity contribution in [3.05, 3.63) is 35.4 Å². The van der Waals surface area contributed by atoms with Crippen molar-refractivity contribution in [2.24, 2.45) is 17.3 Å². The summed E-state index contributed by atoms with van der Waals surface area (Å²) >= 11 is 4.04. The number of alkyl halides is 1. The highest BCUT2D eigenvalue weighted by Gasteiger charge is 2.59. The summed E-state index contributed by atoms with van der Waals surface area (Å²) in [6.45, 7) is 6.21. The van der Waals surface area contributed by atoms with E-state index in [9.17, 15) is 4.79 Å². The Morgan fingerprint density at radius 3 is 2.45 bits per heavy atom. The van der Waals surface area contributed by atoms with Gasteiger partial charge in [0, 0.05) is 24.0 Å². The van der Waals surface area contributed by atoms with Crippen molar-refractivity contribution in [3.8, 4) is 0 Å². The number of hydrogen-bond acceptors (Lipinski definition) is 3. The molecule has 4 nitrogen and oxygen atoms in total. The van der Waals surface area contributed by atoms with Crippen molar-refractivity contribution >= 4 is 21.8 Å². The molecular formula is C24H33BrN2O2. The Kier molecular flexibility index (Phi) is 5.28. The van der Waals surface area contributed by atoms with E-state index in [1.165, 1.54) is 30.4 Å². The number of benzene rings is 1. The van der Waals surface area contributed by atoms with Crippen LogP contribution in [0.4, 0.5) is 0 Å². The van der Waals surface area contributed by atoms with Crippen LogP contribution in [0.15, 0.2) is 24.3 Å². The number of carbonyl (C=O) groups excluding carboxylic acids is 1. The lowest BCUT2D eigenvalue weighted by Gasteiger charge is -2.59. The Morgan fingerprint density at radius 1 is 1.17 bits per heavy atom. The highest BCUT2D eigenvalue weighted by atomic mass is 79.9. The molecule has 29 heavy (non-hydrogen) atoms. The second-order valence-corrected chi connectivity index (χ2v) is 11.9. The SMILES string of the molecule is Cc1ccc(C(CNC(=O)C23CC4CC(CC(Br)(C4)C2)C3)N2CCOCC2)cc1. The first-order valence-corrected chi connectivity index (χ1v) is 12.1. The largest absolute Gasteiger partial charge is 0.379 e. The molecule has 4 saturated carbocycles. The van der Waals surface area contributed by atoms with Gasteiger partial charge in [-0.25, -0.2) is 0 Å². The number of carbonyl (C=O) groups is 1. The van der Waals surface area contributed by atoms with E-state index in [1.54, 1.807) is 0 Å². The molecule has 1 aromatic carbocycles. The smallest absolute Gasteiger partial charge is 0.226 e. The summed E-state index contributed by atoms with van der Waals surface area (Å²) < 4.78 is 5.79. The molecule has 6 rings (SSSR count). The van der Waals surface area contributed by atoms with Gasteiger partial charge in [-0.05, 0) is 62.8 Å². The normalized spacial score (nSPS) is 37.4. The van der Waals surface area contributed by atoms with Crippen LogP contribution in [0.3, 0.4) is 0 Å². The van der Waals surface area contributed by atoms with Crippen molar-refractivity contribution in [1.29, 1.82) is 0 Å². The maximum atomic E-state index is 13.5.